The predicted molar refractivity (Wildman–Crippen MR) is 64.0 cm³/mol. The Morgan fingerprint density at radius 3 is 2.89 bits per heavy atom. The third kappa shape index (κ3) is 2.09. The van der Waals surface area contributed by atoms with Gasteiger partial charge in [-0.05, 0) is 24.7 Å². The molecular formula is C12H16N4O3. The van der Waals surface area contributed by atoms with E-state index in [9.17, 15) is 14.7 Å². The molecule has 1 N–H and O–H groups in total. The lowest BCUT2D eigenvalue weighted by Crippen LogP contribution is -2.44. The van der Waals surface area contributed by atoms with E-state index in [1.165, 1.54) is 22.2 Å². The molecule has 0 radical (unpaired) electrons. The Morgan fingerprint density at radius 1 is 1.37 bits per heavy atom. The molecule has 0 aromatic carbocycles. The van der Waals surface area contributed by atoms with Crippen LogP contribution in [-0.2, 0) is 16.1 Å². The smallest absolute Gasteiger partial charge is 0.326 e. The first-order valence-corrected chi connectivity index (χ1v) is 6.51. The lowest BCUT2D eigenvalue weighted by Gasteiger charge is -2.24. The number of fused-ring (bicyclic) bond motifs is 1. The van der Waals surface area contributed by atoms with Crippen LogP contribution < -0.4 is 0 Å². The topological polar surface area (TPSA) is 88.3 Å². The summed E-state index contributed by atoms with van der Waals surface area (Å²) in [6, 6.07) is -0.663. The average Bonchev–Trinajstić information content (AvgIpc) is 3.02. The molecule has 19 heavy (non-hydrogen) atoms. The number of carbonyl (C=O) groups is 2. The molecule has 1 aromatic rings. The highest BCUT2D eigenvalue weighted by Gasteiger charge is 2.49. The van der Waals surface area contributed by atoms with E-state index in [1.54, 1.807) is 0 Å². The highest BCUT2D eigenvalue weighted by atomic mass is 16.4. The summed E-state index contributed by atoms with van der Waals surface area (Å²) in [6.45, 7) is 0.623. The molecule has 1 aliphatic heterocycles. The average molecular weight is 264 g/mol. The molecule has 7 nitrogen and oxygen atoms in total. The van der Waals surface area contributed by atoms with Gasteiger partial charge in [0.25, 0.3) is 0 Å². The van der Waals surface area contributed by atoms with Crippen LogP contribution in [-0.4, -0.2) is 49.2 Å². The predicted octanol–water partition coefficient (Wildman–Crippen LogP) is -0.0102. The van der Waals surface area contributed by atoms with Crippen molar-refractivity contribution < 1.29 is 14.7 Å². The fourth-order valence-corrected chi connectivity index (χ4v) is 3.42. The van der Waals surface area contributed by atoms with Crippen LogP contribution in [0.25, 0.3) is 0 Å². The zero-order valence-electron chi connectivity index (χ0n) is 10.5. The Kier molecular flexibility index (Phi) is 2.96. The van der Waals surface area contributed by atoms with Crippen molar-refractivity contribution in [2.45, 2.75) is 31.8 Å². The molecule has 7 heteroatoms. The number of carboxylic acids is 1. The summed E-state index contributed by atoms with van der Waals surface area (Å²) in [7, 11) is 0. The molecule has 1 saturated carbocycles. The number of carbonyl (C=O) groups excluding carboxylic acids is 1. The van der Waals surface area contributed by atoms with Crippen LogP contribution in [0.15, 0.2) is 12.7 Å². The largest absolute Gasteiger partial charge is 0.480 e. The van der Waals surface area contributed by atoms with E-state index >= 15 is 0 Å². The van der Waals surface area contributed by atoms with Crippen molar-refractivity contribution in [2.24, 2.45) is 11.8 Å². The van der Waals surface area contributed by atoms with E-state index in [-0.39, 0.29) is 18.4 Å². The number of nitrogens with zero attached hydrogens (tertiary/aromatic N) is 4. The second kappa shape index (κ2) is 4.64. The first kappa shape index (κ1) is 12.1. The van der Waals surface area contributed by atoms with Crippen LogP contribution in [0.3, 0.4) is 0 Å². The summed E-state index contributed by atoms with van der Waals surface area (Å²) in [5.41, 5.74) is 0. The van der Waals surface area contributed by atoms with Crippen LogP contribution in [0.1, 0.15) is 19.3 Å². The minimum atomic E-state index is -0.888. The van der Waals surface area contributed by atoms with Crippen LogP contribution in [0.4, 0.5) is 0 Å². The van der Waals surface area contributed by atoms with Crippen molar-refractivity contribution in [1.29, 1.82) is 0 Å². The highest BCUT2D eigenvalue weighted by molar-refractivity contribution is 5.84. The molecule has 1 saturated heterocycles. The van der Waals surface area contributed by atoms with Gasteiger partial charge in [0.15, 0.2) is 0 Å². The first-order valence-electron chi connectivity index (χ1n) is 6.51. The molecule has 3 rings (SSSR count). The summed E-state index contributed by atoms with van der Waals surface area (Å²) in [6.07, 6.45) is 5.84. The van der Waals surface area contributed by atoms with Crippen molar-refractivity contribution in [2.75, 3.05) is 6.54 Å². The van der Waals surface area contributed by atoms with Crippen LogP contribution >= 0.6 is 0 Å². The van der Waals surface area contributed by atoms with Crippen LogP contribution in [0, 0.1) is 11.8 Å². The zero-order valence-corrected chi connectivity index (χ0v) is 10.5. The number of amides is 1. The standard InChI is InChI=1S/C12H16N4O3/c17-10(5-15-7-13-6-14-15)16-4-8-2-1-3-9(8)11(16)12(18)19/h6-9,11H,1-5H2,(H,18,19). The zero-order chi connectivity index (χ0) is 13.4. The second-order valence-electron chi connectivity index (χ2n) is 5.28. The summed E-state index contributed by atoms with van der Waals surface area (Å²) in [5, 5.41) is 13.3. The van der Waals surface area contributed by atoms with E-state index < -0.39 is 12.0 Å². The maximum Gasteiger partial charge on any atom is 0.326 e. The normalized spacial score (nSPS) is 29.5. The van der Waals surface area contributed by atoms with Crippen molar-refractivity contribution in [3.63, 3.8) is 0 Å². The lowest BCUT2D eigenvalue weighted by molar-refractivity contribution is -0.150. The van der Waals surface area contributed by atoms with Gasteiger partial charge < -0.3 is 10.0 Å². The monoisotopic (exact) mass is 264 g/mol. The van der Waals surface area contributed by atoms with Gasteiger partial charge in [0.2, 0.25) is 5.91 Å². The summed E-state index contributed by atoms with van der Waals surface area (Å²) < 4.78 is 1.43. The number of hydrogen-bond acceptors (Lipinski definition) is 4. The third-order valence-corrected chi connectivity index (χ3v) is 4.23. The Hall–Kier alpha value is -1.92. The summed E-state index contributed by atoms with van der Waals surface area (Å²) in [4.78, 5) is 29.0. The van der Waals surface area contributed by atoms with E-state index in [0.29, 0.717) is 12.5 Å². The Morgan fingerprint density at radius 2 is 2.21 bits per heavy atom. The molecule has 2 aliphatic rings. The van der Waals surface area contributed by atoms with Crippen LogP contribution in [0.5, 0.6) is 0 Å². The molecule has 2 heterocycles. The number of likely N-dealkylation sites (tertiary alicyclic amines) is 1. The number of aromatic nitrogens is 3. The Labute approximate surface area is 110 Å². The minimum Gasteiger partial charge on any atom is -0.480 e. The van der Waals surface area contributed by atoms with Crippen LogP contribution in [0.2, 0.25) is 0 Å². The summed E-state index contributed by atoms with van der Waals surface area (Å²) in [5.74, 6) is -0.605. The SMILES string of the molecule is O=C(O)C1C2CCCC2CN1C(=O)Cn1cncn1. The third-order valence-electron chi connectivity index (χ3n) is 4.23. The van der Waals surface area contributed by atoms with Gasteiger partial charge in [0.05, 0.1) is 0 Å². The van der Waals surface area contributed by atoms with E-state index in [1.807, 2.05) is 0 Å². The van der Waals surface area contributed by atoms with Gasteiger partial charge in [0.1, 0.15) is 25.2 Å². The van der Waals surface area contributed by atoms with Gasteiger partial charge in [-0.15, -0.1) is 0 Å². The fourth-order valence-electron chi connectivity index (χ4n) is 3.42. The molecule has 0 bridgehead atoms. The van der Waals surface area contributed by atoms with E-state index in [4.69, 9.17) is 0 Å². The maximum absolute atomic E-state index is 12.2. The molecular weight excluding hydrogens is 248 g/mol. The number of hydrogen-bond donors (Lipinski definition) is 1. The van der Waals surface area contributed by atoms with Crippen molar-refractivity contribution in [3.8, 4) is 0 Å². The lowest BCUT2D eigenvalue weighted by atomic mass is 9.94. The molecule has 3 atom stereocenters. The molecule has 1 aromatic heterocycles. The van der Waals surface area contributed by atoms with Gasteiger partial charge >= 0.3 is 5.97 Å². The molecule has 3 unspecified atom stereocenters. The number of rotatable bonds is 3. The van der Waals surface area contributed by atoms with E-state index in [0.717, 1.165) is 19.3 Å². The quantitative estimate of drug-likeness (QED) is 0.829. The Bertz CT molecular complexity index is 487. The van der Waals surface area contributed by atoms with E-state index in [2.05, 4.69) is 10.1 Å². The van der Waals surface area contributed by atoms with Gasteiger partial charge in [-0.1, -0.05) is 6.42 Å². The second-order valence-corrected chi connectivity index (χ2v) is 5.28. The molecule has 1 aliphatic carbocycles. The number of carboxylic acid groups (broad SMARTS) is 1. The number of aliphatic carboxylic acids is 1. The van der Waals surface area contributed by atoms with Crippen molar-refractivity contribution in [1.82, 2.24) is 19.7 Å². The first-order chi connectivity index (χ1) is 9.16. The summed E-state index contributed by atoms with van der Waals surface area (Å²) >= 11 is 0. The highest BCUT2D eigenvalue weighted by Crippen LogP contribution is 2.42. The van der Waals surface area contributed by atoms with Crippen molar-refractivity contribution >= 4 is 11.9 Å². The molecule has 2 fully saturated rings. The fraction of sp³-hybridized carbons (Fsp3) is 0.667. The van der Waals surface area contributed by atoms with Gasteiger partial charge in [-0.3, -0.25) is 4.79 Å². The van der Waals surface area contributed by atoms with Gasteiger partial charge in [-0.2, -0.15) is 5.10 Å². The van der Waals surface area contributed by atoms with Gasteiger partial charge in [0, 0.05) is 6.54 Å². The minimum absolute atomic E-state index is 0.0587. The maximum atomic E-state index is 12.2. The van der Waals surface area contributed by atoms with Crippen molar-refractivity contribution in [3.05, 3.63) is 12.7 Å². The van der Waals surface area contributed by atoms with Gasteiger partial charge in [-0.25, -0.2) is 14.5 Å². The molecule has 102 valence electrons. The molecule has 1 amide bonds. The Balaban J connectivity index is 1.76. The molecule has 0 spiro atoms.